The van der Waals surface area contributed by atoms with Gasteiger partial charge in [0.2, 0.25) is 0 Å². The maximum absolute atomic E-state index is 14.5. The molecular weight excluding hydrogens is 979 g/mol. The monoisotopic (exact) mass is 1040 g/mol. The number of amides is 5. The highest BCUT2D eigenvalue weighted by atomic mass is 16.7. The van der Waals surface area contributed by atoms with Crippen molar-refractivity contribution >= 4 is 41.3 Å². The minimum atomic E-state index is -0.923. The predicted molar refractivity (Wildman–Crippen MR) is 271 cm³/mol. The van der Waals surface area contributed by atoms with Gasteiger partial charge >= 0.3 is 12.2 Å². The predicted octanol–water partition coefficient (Wildman–Crippen LogP) is 6.18. The van der Waals surface area contributed by atoms with Gasteiger partial charge in [-0.05, 0) is 61.9 Å². The molecule has 0 aliphatic carbocycles. The summed E-state index contributed by atoms with van der Waals surface area (Å²) in [7, 11) is 4.38. The van der Waals surface area contributed by atoms with Crippen LogP contribution in [-0.4, -0.2) is 163 Å². The highest BCUT2D eigenvalue weighted by Gasteiger charge is 2.42. The number of unbranched alkanes of at least 4 members (excludes halogenated alkanes) is 2. The molecule has 0 spiro atoms. The summed E-state index contributed by atoms with van der Waals surface area (Å²) >= 11 is 0. The number of ether oxygens (including phenoxy) is 11. The Morgan fingerprint density at radius 2 is 1.17 bits per heavy atom. The minimum Gasteiger partial charge on any atom is -0.507 e. The number of hydrogen-bond acceptors (Lipinski definition) is 17. The van der Waals surface area contributed by atoms with E-state index < -0.39 is 54.6 Å². The molecule has 3 aromatic rings. The number of likely N-dealkylation sites (tertiary alicyclic amines) is 2. The lowest BCUT2D eigenvalue weighted by atomic mass is 10.1. The molecule has 4 heterocycles. The van der Waals surface area contributed by atoms with Crippen LogP contribution in [0.2, 0.25) is 0 Å². The van der Waals surface area contributed by atoms with Crippen LogP contribution >= 0.6 is 0 Å². The number of carbonyl (C=O) groups excluding carboxylic acids is 5. The summed E-state index contributed by atoms with van der Waals surface area (Å²) in [6.45, 7) is 14.5. The van der Waals surface area contributed by atoms with Crippen molar-refractivity contribution in [2.75, 3.05) is 104 Å². The normalized spacial score (nSPS) is 17.7. The molecule has 0 bridgehead atoms. The van der Waals surface area contributed by atoms with Crippen LogP contribution in [-0.2, 0) is 39.8 Å². The van der Waals surface area contributed by atoms with Gasteiger partial charge in [-0.3, -0.25) is 25.0 Å². The molecule has 22 heteroatoms. The molecule has 5 amide bonds. The van der Waals surface area contributed by atoms with Crippen molar-refractivity contribution in [3.05, 3.63) is 102 Å². The SMILES string of the molecule is C=CCOC(=O)Nc1cc(OCCCCCOc2cc(NC(=O)OCc3ccc(O)c(C(=O)NCCOC)c3)c(C(=O)N3CC(=C)C[C@H]3C3OCCO3)cc2OC)c(OC)cc1C(=O)N1CC(=C)C[C@H]1C1OCCO1. The summed E-state index contributed by atoms with van der Waals surface area (Å²) in [4.78, 5) is 70.9. The Morgan fingerprint density at radius 1 is 0.667 bits per heavy atom. The molecular formula is C53H65N5O17. The third-order valence-electron chi connectivity index (χ3n) is 12.5. The second-order valence-electron chi connectivity index (χ2n) is 17.8. The van der Waals surface area contributed by atoms with Crippen molar-refractivity contribution in [1.82, 2.24) is 15.1 Å². The number of nitrogens with zero attached hydrogens (tertiary/aromatic N) is 2. The standard InChI is InChI=1S/C53H65N5O17/c1-7-14-74-52(63)55-38-27-45(43(66-5)25-35(38)48(61)57-29-32(2)22-40(57)50-70-18-19-71-50)68-15-9-8-10-16-69-46-28-39(56-53(64)75-31-34-11-12-42(59)37(24-34)47(60)54-13-17-65-4)36(26-44(46)67-6)49(62)58-30-33(3)23-41(58)51-72-20-21-73-51/h7,11-12,24-28,40-41,50-51,59H,1-3,8-10,13-23,29-31H2,4-6H3,(H,54,60)(H,55,63)(H,56,64)/t40-,41-/m0/s1. The lowest BCUT2D eigenvalue weighted by Gasteiger charge is -2.28. The van der Waals surface area contributed by atoms with E-state index in [1.807, 2.05) is 0 Å². The number of phenolic OH excluding ortho intramolecular Hbond substituents is 1. The van der Waals surface area contributed by atoms with Crippen LogP contribution in [0.1, 0.15) is 68.7 Å². The van der Waals surface area contributed by atoms with Gasteiger partial charge < -0.3 is 72.3 Å². The first-order valence-corrected chi connectivity index (χ1v) is 24.5. The lowest BCUT2D eigenvalue weighted by molar-refractivity contribution is -0.0836. The van der Waals surface area contributed by atoms with Crippen molar-refractivity contribution in [2.45, 2.75) is 63.4 Å². The smallest absolute Gasteiger partial charge is 0.411 e. The molecule has 0 radical (unpaired) electrons. The fourth-order valence-electron chi connectivity index (χ4n) is 8.86. The van der Waals surface area contributed by atoms with E-state index in [4.69, 9.17) is 52.1 Å². The van der Waals surface area contributed by atoms with Gasteiger partial charge in [0.25, 0.3) is 17.7 Å². The number of rotatable bonds is 24. The van der Waals surface area contributed by atoms with E-state index in [9.17, 15) is 29.1 Å². The molecule has 0 saturated carbocycles. The third kappa shape index (κ3) is 14.3. The first-order valence-electron chi connectivity index (χ1n) is 24.5. The third-order valence-corrected chi connectivity index (χ3v) is 12.5. The maximum Gasteiger partial charge on any atom is 0.411 e. The van der Waals surface area contributed by atoms with Crippen molar-refractivity contribution in [2.24, 2.45) is 0 Å². The van der Waals surface area contributed by atoms with Crippen LogP contribution in [0.4, 0.5) is 21.0 Å². The van der Waals surface area contributed by atoms with E-state index in [0.29, 0.717) is 64.1 Å². The van der Waals surface area contributed by atoms with Crippen molar-refractivity contribution in [3.8, 4) is 28.7 Å². The second-order valence-corrected chi connectivity index (χ2v) is 17.8. The zero-order valence-electron chi connectivity index (χ0n) is 42.4. The summed E-state index contributed by atoms with van der Waals surface area (Å²) < 4.78 is 62.5. The summed E-state index contributed by atoms with van der Waals surface area (Å²) in [5.74, 6) is -0.666. The van der Waals surface area contributed by atoms with E-state index in [2.05, 4.69) is 35.7 Å². The lowest BCUT2D eigenvalue weighted by Crippen LogP contribution is -2.43. The minimum absolute atomic E-state index is 0.0150. The van der Waals surface area contributed by atoms with Crippen LogP contribution in [0.25, 0.3) is 0 Å². The Kier molecular flexibility index (Phi) is 19.7. The van der Waals surface area contributed by atoms with Gasteiger partial charge in [-0.2, -0.15) is 0 Å². The van der Waals surface area contributed by atoms with Gasteiger partial charge in [0, 0.05) is 38.9 Å². The van der Waals surface area contributed by atoms with Crippen LogP contribution < -0.4 is 34.9 Å². The zero-order chi connectivity index (χ0) is 53.4. The molecule has 75 heavy (non-hydrogen) atoms. The Labute approximate surface area is 434 Å². The molecule has 22 nitrogen and oxygen atoms in total. The number of nitrogens with one attached hydrogen (secondary N) is 3. The van der Waals surface area contributed by atoms with E-state index in [1.165, 1.54) is 69.9 Å². The molecule has 4 aliphatic rings. The Balaban J connectivity index is 1.01. The topological polar surface area (TPSA) is 250 Å². The molecule has 4 aliphatic heterocycles. The Bertz CT molecular complexity index is 2580. The summed E-state index contributed by atoms with van der Waals surface area (Å²) in [5, 5.41) is 18.4. The largest absolute Gasteiger partial charge is 0.507 e. The molecule has 2 atom stereocenters. The van der Waals surface area contributed by atoms with Crippen molar-refractivity contribution in [1.29, 1.82) is 0 Å². The quantitative estimate of drug-likeness (QED) is 0.0577. The number of carbonyl (C=O) groups is 5. The maximum atomic E-state index is 14.5. The van der Waals surface area contributed by atoms with Crippen LogP contribution in [0, 0.1) is 0 Å². The van der Waals surface area contributed by atoms with Crippen LogP contribution in [0.15, 0.2) is 79.4 Å². The molecule has 0 unspecified atom stereocenters. The Hall–Kier alpha value is -7.37. The highest BCUT2D eigenvalue weighted by molar-refractivity contribution is 6.05. The van der Waals surface area contributed by atoms with Crippen molar-refractivity contribution in [3.63, 3.8) is 0 Å². The number of methoxy groups -OCH3 is 3. The second kappa shape index (κ2) is 26.7. The zero-order valence-corrected chi connectivity index (χ0v) is 42.4. The van der Waals surface area contributed by atoms with Crippen LogP contribution in [0.5, 0.6) is 28.7 Å². The molecule has 3 aromatic carbocycles. The van der Waals surface area contributed by atoms with Gasteiger partial charge in [0.05, 0.1) is 101 Å². The summed E-state index contributed by atoms with van der Waals surface area (Å²) in [5.41, 5.74) is 2.44. The van der Waals surface area contributed by atoms with Gasteiger partial charge in [0.15, 0.2) is 35.6 Å². The van der Waals surface area contributed by atoms with Gasteiger partial charge in [-0.15, -0.1) is 0 Å². The number of hydrogen-bond donors (Lipinski definition) is 4. The van der Waals surface area contributed by atoms with Gasteiger partial charge in [0.1, 0.15) is 19.0 Å². The number of phenols is 1. The number of anilines is 2. The molecule has 0 aromatic heterocycles. The average molecular weight is 1040 g/mol. The van der Waals surface area contributed by atoms with Crippen LogP contribution in [0.3, 0.4) is 0 Å². The molecule has 7 rings (SSSR count). The molecule has 404 valence electrons. The number of aromatic hydroxyl groups is 1. The first-order chi connectivity index (χ1) is 36.3. The number of benzene rings is 3. The molecule has 4 N–H and O–H groups in total. The van der Waals surface area contributed by atoms with E-state index >= 15 is 0 Å². The fraction of sp³-hybridized carbons (Fsp3) is 0.453. The van der Waals surface area contributed by atoms with E-state index in [1.54, 1.807) is 9.80 Å². The summed E-state index contributed by atoms with van der Waals surface area (Å²) in [6, 6.07) is 9.35. The average Bonchev–Trinajstić information content (AvgIpc) is 4.26. The highest BCUT2D eigenvalue weighted by Crippen LogP contribution is 2.39. The Morgan fingerprint density at radius 3 is 1.65 bits per heavy atom. The molecule has 4 fully saturated rings. The van der Waals surface area contributed by atoms with Gasteiger partial charge in [-0.25, -0.2) is 9.59 Å². The molecule has 4 saturated heterocycles. The van der Waals surface area contributed by atoms with E-state index in [0.717, 1.165) is 11.1 Å². The van der Waals surface area contributed by atoms with E-state index in [-0.39, 0.29) is 109 Å². The van der Waals surface area contributed by atoms with Crippen molar-refractivity contribution < 1.29 is 81.2 Å². The summed E-state index contributed by atoms with van der Waals surface area (Å²) in [6.07, 6.45) is 1.10. The first kappa shape index (κ1) is 55.4. The fourth-order valence-corrected chi connectivity index (χ4v) is 8.86. The van der Waals surface area contributed by atoms with Gasteiger partial charge in [-0.1, -0.05) is 43.0 Å².